The Morgan fingerprint density at radius 3 is 2.08 bits per heavy atom. The van der Waals surface area contributed by atoms with Crippen molar-refractivity contribution >= 4 is 42.6 Å². The quantitative estimate of drug-likeness (QED) is 0.823. The van der Waals surface area contributed by atoms with Crippen LogP contribution in [0.5, 0.6) is 0 Å². The Bertz CT molecular complexity index is 402. The van der Waals surface area contributed by atoms with Crippen molar-refractivity contribution in [3.63, 3.8) is 0 Å². The van der Waals surface area contributed by atoms with Crippen LogP contribution in [0, 0.1) is 0 Å². The number of hydrogen-bond donors (Lipinski definition) is 1. The van der Waals surface area contributed by atoms with E-state index < -0.39 is 28.4 Å². The van der Waals surface area contributed by atoms with Crippen LogP contribution in [0.2, 0.25) is 14.8 Å². The predicted molar refractivity (Wildman–Crippen MR) is 58.7 cm³/mol. The van der Waals surface area contributed by atoms with Gasteiger partial charge < -0.3 is 0 Å². The summed E-state index contributed by atoms with van der Waals surface area (Å²) in [6.45, 7) is 0. The second-order valence-corrected chi connectivity index (χ2v) is 22.2. The summed E-state index contributed by atoms with van der Waals surface area (Å²) in [6.07, 6.45) is 0. The van der Waals surface area contributed by atoms with E-state index >= 15 is 0 Å². The first-order valence-electron chi connectivity index (χ1n) is 3.84. The molecule has 0 unspecified atom stereocenters. The van der Waals surface area contributed by atoms with Crippen LogP contribution < -0.4 is 8.03 Å². The summed E-state index contributed by atoms with van der Waals surface area (Å²) in [4.78, 5) is 6.73. The Labute approximate surface area is 86.9 Å². The third-order valence-electron chi connectivity index (χ3n) is 1.60. The van der Waals surface area contributed by atoms with Crippen LogP contribution in [-0.4, -0.2) is 26.8 Å². The van der Waals surface area contributed by atoms with Crippen LogP contribution >= 0.6 is 11.3 Å². The zero-order valence-electron chi connectivity index (χ0n) is 7.87. The minimum absolute atomic E-state index is 0.286. The molecule has 3 nitrogen and oxygen atoms in total. The molecule has 2 N–H and O–H groups in total. The van der Waals surface area contributed by atoms with Gasteiger partial charge in [0.25, 0.3) is 0 Å². The average molecular weight is 326 g/mol. The molecule has 1 heterocycles. The summed E-state index contributed by atoms with van der Waals surface area (Å²) in [5, 5.41) is 5.02. The molecule has 6 heteroatoms. The van der Waals surface area contributed by atoms with Gasteiger partial charge in [0.1, 0.15) is 0 Å². The van der Waals surface area contributed by atoms with Gasteiger partial charge in [-0.1, -0.05) is 0 Å². The van der Waals surface area contributed by atoms with Crippen LogP contribution in [0.1, 0.15) is 0 Å². The Morgan fingerprint density at radius 2 is 1.85 bits per heavy atom. The van der Waals surface area contributed by atoms with Crippen molar-refractivity contribution in [3.8, 4) is 0 Å². The van der Waals surface area contributed by atoms with Gasteiger partial charge in [-0.15, -0.1) is 0 Å². The summed E-state index contributed by atoms with van der Waals surface area (Å²) in [6, 6.07) is 3.51. The molecule has 0 aliphatic heterocycles. The number of rotatable bonds is 2. The van der Waals surface area contributed by atoms with Crippen molar-refractivity contribution in [2.75, 3.05) is 0 Å². The summed E-state index contributed by atoms with van der Waals surface area (Å²) in [5.74, 6) is 0. The molecular formula is C7H13NO2S2Sn. The Balaban J connectivity index is 3.16. The van der Waals surface area contributed by atoms with Crippen LogP contribution in [-0.2, 0) is 10.0 Å². The normalized spacial score (nSPS) is 13.2. The summed E-state index contributed by atoms with van der Waals surface area (Å²) >= 11 is -0.768. The van der Waals surface area contributed by atoms with Crippen LogP contribution in [0.15, 0.2) is 16.3 Å². The monoisotopic (exact) mass is 327 g/mol. The molecule has 0 aliphatic carbocycles. The first-order valence-corrected chi connectivity index (χ1v) is 16.2. The number of thiophene rings is 1. The zero-order chi connectivity index (χ0) is 10.3. The van der Waals surface area contributed by atoms with Crippen molar-refractivity contribution < 1.29 is 8.42 Å². The average Bonchev–Trinajstić information content (AvgIpc) is 2.28. The molecule has 0 atom stereocenters. The van der Waals surface area contributed by atoms with Crippen LogP contribution in [0.3, 0.4) is 0 Å². The van der Waals surface area contributed by atoms with Gasteiger partial charge in [-0.3, -0.25) is 0 Å². The topological polar surface area (TPSA) is 60.2 Å². The number of nitrogens with two attached hydrogens (primary N) is 1. The predicted octanol–water partition coefficient (Wildman–Crippen LogP) is 0.941. The van der Waals surface area contributed by atoms with Crippen molar-refractivity contribution in [1.82, 2.24) is 0 Å². The fraction of sp³-hybridized carbons (Fsp3) is 0.429. The Kier molecular flexibility index (Phi) is 3.11. The molecule has 0 radical (unpaired) electrons. The van der Waals surface area contributed by atoms with Gasteiger partial charge in [0.05, 0.1) is 0 Å². The number of hydrogen-bond acceptors (Lipinski definition) is 3. The maximum atomic E-state index is 11.0. The van der Waals surface area contributed by atoms with E-state index in [9.17, 15) is 8.42 Å². The van der Waals surface area contributed by atoms with Gasteiger partial charge >= 0.3 is 87.3 Å². The van der Waals surface area contributed by atoms with Gasteiger partial charge in [0, 0.05) is 0 Å². The summed E-state index contributed by atoms with van der Waals surface area (Å²) < 4.78 is 23.5. The molecule has 1 rings (SSSR count). The third-order valence-corrected chi connectivity index (χ3v) is 13.6. The van der Waals surface area contributed by atoms with Gasteiger partial charge in [-0.05, 0) is 0 Å². The van der Waals surface area contributed by atoms with E-state index in [4.69, 9.17) is 5.14 Å². The van der Waals surface area contributed by atoms with Gasteiger partial charge in [-0.25, -0.2) is 0 Å². The minimum atomic E-state index is -3.49. The molecule has 13 heavy (non-hydrogen) atoms. The van der Waals surface area contributed by atoms with Crippen molar-refractivity contribution in [2.24, 2.45) is 5.14 Å². The number of sulfonamides is 1. The molecule has 1 aromatic heterocycles. The van der Waals surface area contributed by atoms with E-state index in [0.29, 0.717) is 0 Å². The molecule has 1 aromatic rings. The molecule has 0 bridgehead atoms. The molecule has 0 spiro atoms. The first kappa shape index (κ1) is 11.5. The zero-order valence-corrected chi connectivity index (χ0v) is 12.4. The van der Waals surface area contributed by atoms with Gasteiger partial charge in [0.15, 0.2) is 0 Å². The fourth-order valence-corrected chi connectivity index (χ4v) is 8.52. The standard InChI is InChI=1S/C4H4NO2S2.3CH3.Sn/c5-9(6,7)4-2-1-3-8-4;;;;/h1-2H,(H2,5,6,7);3*1H3;. The van der Waals surface area contributed by atoms with Crippen molar-refractivity contribution in [3.05, 3.63) is 12.1 Å². The van der Waals surface area contributed by atoms with E-state index in [2.05, 4.69) is 14.8 Å². The van der Waals surface area contributed by atoms with E-state index in [0.717, 1.165) is 0 Å². The van der Waals surface area contributed by atoms with Crippen molar-refractivity contribution in [1.29, 1.82) is 0 Å². The summed E-state index contributed by atoms with van der Waals surface area (Å²) in [7, 11) is -3.49. The maximum absolute atomic E-state index is 11.0. The molecule has 0 saturated carbocycles. The first-order chi connectivity index (χ1) is 5.71. The fourth-order valence-electron chi connectivity index (χ4n) is 0.876. The molecule has 74 valence electrons. The number of primary sulfonamides is 1. The van der Waals surface area contributed by atoms with E-state index in [1.54, 1.807) is 6.07 Å². The molecule has 0 amide bonds. The van der Waals surface area contributed by atoms with Crippen LogP contribution in [0.4, 0.5) is 0 Å². The molecule has 0 saturated heterocycles. The van der Waals surface area contributed by atoms with Gasteiger partial charge in [0.2, 0.25) is 0 Å². The molecule has 0 aliphatic rings. The molecule has 0 fully saturated rings. The molecule has 0 aromatic carbocycles. The Morgan fingerprint density at radius 1 is 1.31 bits per heavy atom. The SMILES string of the molecule is [CH3][Sn]([CH3])([CH3])[c]1ccc(S(N)(=O)=O)s1. The van der Waals surface area contributed by atoms with E-state index in [1.807, 2.05) is 6.07 Å². The van der Waals surface area contributed by atoms with E-state index in [1.165, 1.54) is 14.2 Å². The Hall–Kier alpha value is 0.409. The molecular weight excluding hydrogens is 313 g/mol. The second kappa shape index (κ2) is 3.52. The van der Waals surface area contributed by atoms with Crippen LogP contribution in [0.25, 0.3) is 0 Å². The van der Waals surface area contributed by atoms with Crippen molar-refractivity contribution in [2.45, 2.75) is 19.0 Å². The van der Waals surface area contributed by atoms with Gasteiger partial charge in [-0.2, -0.15) is 0 Å². The van der Waals surface area contributed by atoms with E-state index in [-0.39, 0.29) is 4.21 Å². The third kappa shape index (κ3) is 2.93. The second-order valence-electron chi connectivity index (χ2n) is 3.91. The summed E-state index contributed by atoms with van der Waals surface area (Å²) in [5.41, 5.74) is 0.